The molecule has 6 heteroatoms. The van der Waals surface area contributed by atoms with Crippen molar-refractivity contribution in [1.29, 1.82) is 0 Å². The lowest BCUT2D eigenvalue weighted by atomic mass is 9.98. The van der Waals surface area contributed by atoms with Crippen molar-refractivity contribution in [3.63, 3.8) is 0 Å². The predicted octanol–water partition coefficient (Wildman–Crippen LogP) is 2.61. The lowest BCUT2D eigenvalue weighted by Gasteiger charge is -2.22. The van der Waals surface area contributed by atoms with Crippen LogP contribution in [0.2, 0.25) is 0 Å². The summed E-state index contributed by atoms with van der Waals surface area (Å²) in [6, 6.07) is 18.3. The van der Waals surface area contributed by atoms with Gasteiger partial charge in [-0.05, 0) is 24.5 Å². The van der Waals surface area contributed by atoms with Gasteiger partial charge in [-0.25, -0.2) is 4.79 Å². The number of amides is 4. The zero-order chi connectivity index (χ0) is 19.4. The topological polar surface area (TPSA) is 78.5 Å². The van der Waals surface area contributed by atoms with Crippen LogP contribution in [0.3, 0.4) is 0 Å². The van der Waals surface area contributed by atoms with Crippen LogP contribution in [0.4, 0.5) is 4.79 Å². The van der Waals surface area contributed by atoms with Crippen molar-refractivity contribution in [3.8, 4) is 0 Å². The third-order valence-corrected chi connectivity index (χ3v) is 4.93. The first-order valence-corrected chi connectivity index (χ1v) is 8.98. The highest BCUT2D eigenvalue weighted by atomic mass is 16.2. The smallest absolute Gasteiger partial charge is 0.325 e. The van der Waals surface area contributed by atoms with Crippen LogP contribution in [0.1, 0.15) is 37.4 Å². The van der Waals surface area contributed by atoms with Gasteiger partial charge in [0.1, 0.15) is 12.1 Å². The molecule has 3 rings (SSSR count). The number of carbonyl (C=O) groups excluding carboxylic acids is 3. The number of hydrogen-bond donors (Lipinski definition) is 2. The summed E-state index contributed by atoms with van der Waals surface area (Å²) < 4.78 is 0. The molecule has 2 aromatic rings. The third kappa shape index (κ3) is 3.84. The molecule has 4 amide bonds. The SMILES string of the molecule is CC[C@@]1(C)NC(=O)N(CC(=O)NC(c2ccccc2)c2ccccc2)C1=O. The number of rotatable bonds is 6. The maximum atomic E-state index is 12.7. The Kier molecular flexibility index (Phi) is 5.26. The van der Waals surface area contributed by atoms with Crippen molar-refractivity contribution in [1.82, 2.24) is 15.5 Å². The van der Waals surface area contributed by atoms with E-state index in [1.165, 1.54) is 0 Å². The van der Waals surface area contributed by atoms with Crippen LogP contribution in [-0.2, 0) is 9.59 Å². The van der Waals surface area contributed by atoms with Crippen LogP contribution in [0.5, 0.6) is 0 Å². The van der Waals surface area contributed by atoms with Crippen molar-refractivity contribution in [2.75, 3.05) is 6.54 Å². The summed E-state index contributed by atoms with van der Waals surface area (Å²) in [4.78, 5) is 38.3. The fourth-order valence-electron chi connectivity index (χ4n) is 3.13. The van der Waals surface area contributed by atoms with Crippen LogP contribution < -0.4 is 10.6 Å². The Morgan fingerprint density at radius 3 is 2.00 bits per heavy atom. The average Bonchev–Trinajstić information content (AvgIpc) is 2.91. The molecular weight excluding hydrogens is 342 g/mol. The van der Waals surface area contributed by atoms with Crippen molar-refractivity contribution < 1.29 is 14.4 Å². The zero-order valence-electron chi connectivity index (χ0n) is 15.4. The van der Waals surface area contributed by atoms with Crippen molar-refractivity contribution >= 4 is 17.8 Å². The van der Waals surface area contributed by atoms with Gasteiger partial charge in [-0.1, -0.05) is 67.6 Å². The largest absolute Gasteiger partial charge is 0.344 e. The normalized spacial score (nSPS) is 19.3. The Morgan fingerprint density at radius 1 is 1.04 bits per heavy atom. The molecule has 1 fully saturated rings. The quantitative estimate of drug-likeness (QED) is 0.773. The molecular formula is C21H23N3O3. The molecule has 1 heterocycles. The van der Waals surface area contributed by atoms with E-state index in [1.807, 2.05) is 67.6 Å². The minimum atomic E-state index is -0.949. The summed E-state index contributed by atoms with van der Waals surface area (Å²) in [5.74, 6) is -0.766. The van der Waals surface area contributed by atoms with Crippen molar-refractivity contribution in [3.05, 3.63) is 71.8 Å². The van der Waals surface area contributed by atoms with Gasteiger partial charge in [-0.2, -0.15) is 0 Å². The van der Waals surface area contributed by atoms with Crippen molar-refractivity contribution in [2.24, 2.45) is 0 Å². The summed E-state index contributed by atoms with van der Waals surface area (Å²) in [5, 5.41) is 5.61. The highest BCUT2D eigenvalue weighted by Crippen LogP contribution is 2.23. The van der Waals surface area contributed by atoms with E-state index in [1.54, 1.807) is 6.92 Å². The first kappa shape index (κ1) is 18.6. The second-order valence-corrected chi connectivity index (χ2v) is 6.83. The lowest BCUT2D eigenvalue weighted by molar-refractivity contribution is -0.134. The second kappa shape index (κ2) is 7.61. The second-order valence-electron chi connectivity index (χ2n) is 6.83. The number of imide groups is 1. The Hall–Kier alpha value is -3.15. The van der Waals surface area contributed by atoms with Gasteiger partial charge in [0.2, 0.25) is 5.91 Å². The summed E-state index contributed by atoms with van der Waals surface area (Å²) in [5.41, 5.74) is 0.899. The minimum absolute atomic E-state index is 0.309. The highest BCUT2D eigenvalue weighted by molar-refractivity contribution is 6.08. The molecule has 6 nitrogen and oxygen atoms in total. The molecule has 0 bridgehead atoms. The van der Waals surface area contributed by atoms with Gasteiger partial charge in [0.15, 0.2) is 0 Å². The van der Waals surface area contributed by atoms with E-state index < -0.39 is 17.5 Å². The summed E-state index contributed by atoms with van der Waals surface area (Å²) >= 11 is 0. The fourth-order valence-corrected chi connectivity index (χ4v) is 3.13. The molecule has 1 saturated heterocycles. The summed E-state index contributed by atoms with van der Waals surface area (Å²) in [6.07, 6.45) is 0.465. The molecule has 140 valence electrons. The van der Waals surface area contributed by atoms with Gasteiger partial charge in [-0.3, -0.25) is 14.5 Å². The molecule has 0 aromatic heterocycles. The van der Waals surface area contributed by atoms with E-state index in [0.717, 1.165) is 16.0 Å². The maximum Gasteiger partial charge on any atom is 0.325 e. The molecule has 2 N–H and O–H groups in total. The molecule has 1 aliphatic heterocycles. The van der Waals surface area contributed by atoms with Gasteiger partial charge < -0.3 is 10.6 Å². The molecule has 1 aliphatic rings. The standard InChI is InChI=1S/C21H23N3O3/c1-3-21(2)19(26)24(20(27)23-21)14-17(25)22-18(15-10-6-4-7-11-15)16-12-8-5-9-13-16/h4-13,18H,3,14H2,1-2H3,(H,22,25)(H,23,27)/t21-/m1/s1. The van der Waals surface area contributed by atoms with Gasteiger partial charge in [0.25, 0.3) is 5.91 Å². The molecule has 0 radical (unpaired) electrons. The number of benzene rings is 2. The number of nitrogens with one attached hydrogen (secondary N) is 2. The van der Waals surface area contributed by atoms with Crippen LogP contribution in [0.15, 0.2) is 60.7 Å². The number of urea groups is 1. The van der Waals surface area contributed by atoms with E-state index in [-0.39, 0.29) is 18.5 Å². The van der Waals surface area contributed by atoms with Gasteiger partial charge in [0, 0.05) is 0 Å². The van der Waals surface area contributed by atoms with Crippen molar-refractivity contribution in [2.45, 2.75) is 31.8 Å². The Morgan fingerprint density at radius 2 is 1.56 bits per heavy atom. The zero-order valence-corrected chi connectivity index (χ0v) is 15.4. The van der Waals surface area contributed by atoms with Gasteiger partial charge in [-0.15, -0.1) is 0 Å². The van der Waals surface area contributed by atoms with Crippen LogP contribution >= 0.6 is 0 Å². The Labute approximate surface area is 158 Å². The molecule has 0 saturated carbocycles. The molecule has 0 aliphatic carbocycles. The highest BCUT2D eigenvalue weighted by Gasteiger charge is 2.47. The van der Waals surface area contributed by atoms with Crippen LogP contribution in [-0.4, -0.2) is 34.8 Å². The van der Waals surface area contributed by atoms with Gasteiger partial charge in [0.05, 0.1) is 6.04 Å². The monoisotopic (exact) mass is 365 g/mol. The average molecular weight is 365 g/mol. The molecule has 0 unspecified atom stereocenters. The van der Waals surface area contributed by atoms with Crippen LogP contribution in [0.25, 0.3) is 0 Å². The molecule has 27 heavy (non-hydrogen) atoms. The minimum Gasteiger partial charge on any atom is -0.344 e. The van der Waals surface area contributed by atoms with Gasteiger partial charge >= 0.3 is 6.03 Å². The van der Waals surface area contributed by atoms with E-state index >= 15 is 0 Å². The molecule has 1 atom stereocenters. The first-order chi connectivity index (χ1) is 12.9. The number of carbonyl (C=O) groups is 3. The summed E-state index contributed by atoms with van der Waals surface area (Å²) in [7, 11) is 0. The maximum absolute atomic E-state index is 12.7. The third-order valence-electron chi connectivity index (χ3n) is 4.93. The number of hydrogen-bond acceptors (Lipinski definition) is 3. The van der Waals surface area contributed by atoms with Crippen LogP contribution in [0, 0.1) is 0 Å². The lowest BCUT2D eigenvalue weighted by Crippen LogP contribution is -2.45. The first-order valence-electron chi connectivity index (χ1n) is 8.98. The molecule has 0 spiro atoms. The van der Waals surface area contributed by atoms with E-state index in [0.29, 0.717) is 6.42 Å². The Balaban J connectivity index is 1.78. The summed E-state index contributed by atoms with van der Waals surface area (Å²) in [6.45, 7) is 3.18. The van der Waals surface area contributed by atoms with E-state index in [2.05, 4.69) is 10.6 Å². The van der Waals surface area contributed by atoms with E-state index in [4.69, 9.17) is 0 Å². The molecule has 2 aromatic carbocycles. The Bertz CT molecular complexity index is 799. The van der Waals surface area contributed by atoms with E-state index in [9.17, 15) is 14.4 Å². The predicted molar refractivity (Wildman–Crippen MR) is 102 cm³/mol. The number of nitrogens with zero attached hydrogens (tertiary/aromatic N) is 1. The fraction of sp³-hybridized carbons (Fsp3) is 0.286.